The maximum absolute atomic E-state index is 2.58. The van der Waals surface area contributed by atoms with Crippen LogP contribution in [0.25, 0.3) is 0 Å². The van der Waals surface area contributed by atoms with Crippen LogP contribution in [0.1, 0.15) is 104 Å². The normalized spacial score (nSPS) is 14.1. The zero-order chi connectivity index (χ0) is 21.1. The lowest BCUT2D eigenvalue weighted by molar-refractivity contribution is 0.458. The van der Waals surface area contributed by atoms with Crippen molar-refractivity contribution < 1.29 is 0 Å². The number of hydrogen-bond acceptors (Lipinski definition) is 0. The molecule has 0 nitrogen and oxygen atoms in total. The lowest BCUT2D eigenvalue weighted by Gasteiger charge is -2.17. The van der Waals surface area contributed by atoms with Crippen molar-refractivity contribution in [2.45, 2.75) is 106 Å². The molecule has 0 unspecified atom stereocenters. The van der Waals surface area contributed by atoms with E-state index in [2.05, 4.69) is 98.9 Å². The Kier molecular flexibility index (Phi) is 14.0. The molecule has 0 saturated heterocycles. The minimum absolute atomic E-state index is 0.794. The largest absolute Gasteiger partial charge is 0.0628 e. The third-order valence-corrected chi connectivity index (χ3v) is 7.82. The van der Waals surface area contributed by atoms with Gasteiger partial charge in [0.05, 0.1) is 0 Å². The first-order chi connectivity index (χ1) is 13.2. The van der Waals surface area contributed by atoms with Crippen LogP contribution < -0.4 is 0 Å². The van der Waals surface area contributed by atoms with Gasteiger partial charge in [-0.25, -0.2) is 0 Å². The molecule has 0 spiro atoms. The molecule has 28 heavy (non-hydrogen) atoms. The first-order valence-corrected chi connectivity index (χ1v) is 13.8. The van der Waals surface area contributed by atoms with Gasteiger partial charge in [-0.05, 0) is 105 Å². The van der Waals surface area contributed by atoms with E-state index in [-0.39, 0.29) is 0 Å². The Morgan fingerprint density at radius 2 is 0.893 bits per heavy atom. The topological polar surface area (TPSA) is 0 Å². The van der Waals surface area contributed by atoms with Crippen LogP contribution in [0.2, 0.25) is 0 Å². The molecule has 162 valence electrons. The van der Waals surface area contributed by atoms with Crippen molar-refractivity contribution in [2.75, 3.05) is 0 Å². The summed E-state index contributed by atoms with van der Waals surface area (Å²) in [5, 5.41) is 0. The van der Waals surface area contributed by atoms with Gasteiger partial charge in [-0.1, -0.05) is 92.9 Å². The van der Waals surface area contributed by atoms with Gasteiger partial charge in [0.25, 0.3) is 0 Å². The summed E-state index contributed by atoms with van der Waals surface area (Å²) in [6, 6.07) is 4.96. The van der Waals surface area contributed by atoms with Gasteiger partial charge >= 0.3 is 0 Å². The summed E-state index contributed by atoms with van der Waals surface area (Å²) in [4.78, 5) is 0. The van der Waals surface area contributed by atoms with E-state index in [1.54, 1.807) is 11.1 Å². The third-order valence-electron chi connectivity index (χ3n) is 5.81. The van der Waals surface area contributed by atoms with Crippen LogP contribution in [0.4, 0.5) is 0 Å². The molecule has 0 bridgehead atoms. The second-order valence-corrected chi connectivity index (χ2v) is 12.3. The van der Waals surface area contributed by atoms with E-state index >= 15 is 0 Å². The van der Waals surface area contributed by atoms with Crippen molar-refractivity contribution in [3.63, 3.8) is 0 Å². The quantitative estimate of drug-likeness (QED) is 0.145. The highest BCUT2D eigenvalue weighted by Crippen LogP contribution is 2.27. The Balaban J connectivity index is 2.50. The molecule has 1 aromatic rings. The van der Waals surface area contributed by atoms with Gasteiger partial charge in [0.2, 0.25) is 0 Å². The van der Waals surface area contributed by atoms with Crippen molar-refractivity contribution in [2.24, 2.45) is 23.7 Å². The maximum atomic E-state index is 2.58. The fourth-order valence-corrected chi connectivity index (χ4v) is 5.49. The molecular weight excluding hydrogens is 566 g/mol. The van der Waals surface area contributed by atoms with Crippen molar-refractivity contribution >= 4 is 45.2 Å². The maximum Gasteiger partial charge on any atom is 0.0165 e. The van der Waals surface area contributed by atoms with E-state index in [1.165, 1.54) is 71.3 Å². The molecule has 2 heteroatoms. The fraction of sp³-hybridized carbons (Fsp3) is 0.769. The van der Waals surface area contributed by atoms with Gasteiger partial charge in [-0.2, -0.15) is 0 Å². The minimum atomic E-state index is 0.794. The van der Waals surface area contributed by atoms with Gasteiger partial charge in [0, 0.05) is 7.14 Å². The lowest BCUT2D eigenvalue weighted by Crippen LogP contribution is -2.06. The third kappa shape index (κ3) is 11.8. The Morgan fingerprint density at radius 3 is 1.21 bits per heavy atom. The Morgan fingerprint density at radius 1 is 0.571 bits per heavy atom. The molecule has 0 aliphatic carbocycles. The van der Waals surface area contributed by atoms with Crippen LogP contribution in [-0.2, 0) is 12.8 Å². The molecule has 0 aromatic heterocycles. The first-order valence-electron chi connectivity index (χ1n) is 11.7. The Labute approximate surface area is 203 Å². The summed E-state index contributed by atoms with van der Waals surface area (Å²) in [6.07, 6.45) is 13.5. The van der Waals surface area contributed by atoms with Crippen molar-refractivity contribution in [1.82, 2.24) is 0 Å². The van der Waals surface area contributed by atoms with E-state index in [0.29, 0.717) is 0 Å². The second kappa shape index (κ2) is 14.6. The summed E-state index contributed by atoms with van der Waals surface area (Å²) in [5.41, 5.74) is 3.13. The van der Waals surface area contributed by atoms with E-state index in [1.807, 2.05) is 0 Å². The lowest BCUT2D eigenvalue weighted by atomic mass is 9.92. The van der Waals surface area contributed by atoms with E-state index < -0.39 is 0 Å². The standard InChI is InChI=1S/C26H44I2/c1-19(2)11-7-9-13-21(5)15-23-17-26(28)24(18-25(23)27)16-22(6)14-10-8-12-20(3)4/h17-22H,7-16H2,1-6H3/t21-,22-/m0/s1. The van der Waals surface area contributed by atoms with Crippen LogP contribution >= 0.6 is 45.2 Å². The average Bonchev–Trinajstić information content (AvgIpc) is 2.59. The van der Waals surface area contributed by atoms with Crippen LogP contribution in [0.3, 0.4) is 0 Å². The average molecular weight is 610 g/mol. The summed E-state index contributed by atoms with van der Waals surface area (Å²) in [5.74, 6) is 3.29. The number of rotatable bonds is 14. The molecule has 0 heterocycles. The van der Waals surface area contributed by atoms with Crippen LogP contribution in [0.5, 0.6) is 0 Å². The molecule has 2 atom stereocenters. The van der Waals surface area contributed by atoms with Crippen molar-refractivity contribution in [3.05, 3.63) is 30.4 Å². The predicted molar refractivity (Wildman–Crippen MR) is 144 cm³/mol. The number of unbranched alkanes of at least 4 members (excludes halogenated alkanes) is 2. The summed E-state index contributed by atoms with van der Waals surface area (Å²) in [7, 11) is 0. The van der Waals surface area contributed by atoms with Crippen molar-refractivity contribution in [3.8, 4) is 0 Å². The number of halogens is 2. The highest BCUT2D eigenvalue weighted by atomic mass is 127. The van der Waals surface area contributed by atoms with Gasteiger partial charge in [-0.3, -0.25) is 0 Å². The van der Waals surface area contributed by atoms with Crippen molar-refractivity contribution in [1.29, 1.82) is 0 Å². The summed E-state index contributed by atoms with van der Waals surface area (Å²) in [6.45, 7) is 14.2. The fourth-order valence-electron chi connectivity index (χ4n) is 3.99. The Hall–Kier alpha value is 0.680. The zero-order valence-electron chi connectivity index (χ0n) is 19.3. The highest BCUT2D eigenvalue weighted by molar-refractivity contribution is 14.1. The monoisotopic (exact) mass is 610 g/mol. The van der Waals surface area contributed by atoms with Gasteiger partial charge < -0.3 is 0 Å². The summed E-state index contributed by atoms with van der Waals surface area (Å²) >= 11 is 5.15. The highest BCUT2D eigenvalue weighted by Gasteiger charge is 2.13. The first kappa shape index (κ1) is 26.7. The SMILES string of the molecule is CC(C)CCCC[C@H](C)Cc1cc(I)c(C[C@@H](C)CCCCC(C)C)cc1I. The second-order valence-electron chi connectivity index (χ2n) is 10.0. The molecular formula is C26H44I2. The predicted octanol–water partition coefficient (Wildman–Crippen LogP) is 9.69. The number of hydrogen-bond donors (Lipinski definition) is 0. The Bertz CT molecular complexity index is 498. The molecule has 0 amide bonds. The van der Waals surface area contributed by atoms with Crippen LogP contribution in [0, 0.1) is 30.8 Å². The zero-order valence-corrected chi connectivity index (χ0v) is 23.6. The molecule has 0 aliphatic rings. The molecule has 0 saturated carbocycles. The molecule has 0 fully saturated rings. The van der Waals surface area contributed by atoms with Gasteiger partial charge in [0.15, 0.2) is 0 Å². The minimum Gasteiger partial charge on any atom is -0.0628 e. The number of benzene rings is 1. The molecule has 1 rings (SSSR count). The summed E-state index contributed by atoms with van der Waals surface area (Å²) < 4.78 is 2.96. The van der Waals surface area contributed by atoms with E-state index in [4.69, 9.17) is 0 Å². The molecule has 0 N–H and O–H groups in total. The molecule has 0 aliphatic heterocycles. The smallest absolute Gasteiger partial charge is 0.0165 e. The van der Waals surface area contributed by atoms with Gasteiger partial charge in [-0.15, -0.1) is 0 Å². The van der Waals surface area contributed by atoms with Gasteiger partial charge in [0.1, 0.15) is 0 Å². The molecule has 1 aromatic carbocycles. The molecule has 0 radical (unpaired) electrons. The van der Waals surface area contributed by atoms with E-state index in [0.717, 1.165) is 23.7 Å². The van der Waals surface area contributed by atoms with Crippen LogP contribution in [0.15, 0.2) is 12.1 Å². The van der Waals surface area contributed by atoms with Crippen LogP contribution in [-0.4, -0.2) is 0 Å². The van der Waals surface area contributed by atoms with E-state index in [9.17, 15) is 0 Å².